The molecule has 0 heterocycles. The maximum absolute atomic E-state index is 11.2. The van der Waals surface area contributed by atoms with Crippen LogP contribution in [0, 0.1) is 17.8 Å². The van der Waals surface area contributed by atoms with Crippen LogP contribution >= 0.6 is 11.6 Å². The summed E-state index contributed by atoms with van der Waals surface area (Å²) < 4.78 is 0. The number of carbonyl (C=O) groups excluding carboxylic acids is 1. The fourth-order valence-electron chi connectivity index (χ4n) is 2.30. The van der Waals surface area contributed by atoms with Gasteiger partial charge < -0.3 is 5.32 Å². The van der Waals surface area contributed by atoms with E-state index in [-0.39, 0.29) is 5.91 Å². The zero-order chi connectivity index (χ0) is 13.0. The summed E-state index contributed by atoms with van der Waals surface area (Å²) in [5, 5.41) is 3.61. The highest BCUT2D eigenvalue weighted by Crippen LogP contribution is 2.41. The Morgan fingerprint density at radius 2 is 2.06 bits per heavy atom. The van der Waals surface area contributed by atoms with Crippen molar-refractivity contribution in [2.24, 2.45) is 5.92 Å². The van der Waals surface area contributed by atoms with Crippen molar-refractivity contribution >= 4 is 17.5 Å². The molecule has 3 heteroatoms. The van der Waals surface area contributed by atoms with Crippen LogP contribution in [0.15, 0.2) is 24.3 Å². The smallest absolute Gasteiger partial charge is 0.295 e. The second-order valence-corrected chi connectivity index (χ2v) is 5.11. The van der Waals surface area contributed by atoms with Gasteiger partial charge in [0.05, 0.1) is 0 Å². The van der Waals surface area contributed by atoms with Gasteiger partial charge in [0.15, 0.2) is 0 Å². The van der Waals surface area contributed by atoms with E-state index in [9.17, 15) is 4.79 Å². The number of nitrogens with one attached hydrogen (secondary N) is 1. The number of hydrogen-bond donors (Lipinski definition) is 1. The van der Waals surface area contributed by atoms with Crippen molar-refractivity contribution in [1.29, 1.82) is 0 Å². The Labute approximate surface area is 113 Å². The van der Waals surface area contributed by atoms with Crippen LogP contribution in [0.3, 0.4) is 0 Å². The van der Waals surface area contributed by atoms with E-state index >= 15 is 0 Å². The van der Waals surface area contributed by atoms with Gasteiger partial charge in [-0.1, -0.05) is 29.7 Å². The lowest BCUT2D eigenvalue weighted by Crippen LogP contribution is -2.34. The van der Waals surface area contributed by atoms with E-state index in [1.54, 1.807) is 6.92 Å². The Balaban J connectivity index is 1.75. The van der Waals surface area contributed by atoms with E-state index in [0.29, 0.717) is 11.8 Å². The van der Waals surface area contributed by atoms with E-state index in [0.717, 1.165) is 24.4 Å². The number of hydrogen-bond acceptors (Lipinski definition) is 1. The molecule has 1 N–H and O–H groups in total. The van der Waals surface area contributed by atoms with Crippen LogP contribution in [0.1, 0.15) is 31.2 Å². The molecule has 0 spiro atoms. The van der Waals surface area contributed by atoms with Crippen LogP contribution < -0.4 is 5.32 Å². The van der Waals surface area contributed by atoms with Gasteiger partial charge in [-0.2, -0.15) is 0 Å². The highest BCUT2D eigenvalue weighted by molar-refractivity contribution is 6.30. The summed E-state index contributed by atoms with van der Waals surface area (Å²) >= 11 is 5.86. The van der Waals surface area contributed by atoms with Gasteiger partial charge in [-0.25, -0.2) is 0 Å². The highest BCUT2D eigenvalue weighted by Gasteiger charge is 2.30. The number of halogens is 1. The monoisotopic (exact) mass is 261 g/mol. The second kappa shape index (κ2) is 5.93. The maximum Gasteiger partial charge on any atom is 0.295 e. The third-order valence-electron chi connectivity index (χ3n) is 3.37. The van der Waals surface area contributed by atoms with Crippen LogP contribution in [0.5, 0.6) is 0 Å². The van der Waals surface area contributed by atoms with E-state index < -0.39 is 0 Å². The molecular weight excluding hydrogens is 246 g/mol. The second-order valence-electron chi connectivity index (χ2n) is 4.67. The first-order valence-electron chi connectivity index (χ1n) is 6.15. The summed E-state index contributed by atoms with van der Waals surface area (Å²) in [6.45, 7) is 2.40. The van der Waals surface area contributed by atoms with Crippen LogP contribution in [0.4, 0.5) is 0 Å². The van der Waals surface area contributed by atoms with E-state index in [1.165, 1.54) is 5.56 Å². The average Bonchev–Trinajstić information content (AvgIpc) is 2.29. The van der Waals surface area contributed by atoms with Gasteiger partial charge in [-0.3, -0.25) is 4.79 Å². The molecule has 0 aromatic heterocycles. The summed E-state index contributed by atoms with van der Waals surface area (Å²) in [5.41, 5.74) is 1.34. The van der Waals surface area contributed by atoms with Crippen molar-refractivity contribution in [3.05, 3.63) is 34.9 Å². The molecule has 0 radical (unpaired) electrons. The molecule has 0 bridgehead atoms. The lowest BCUT2D eigenvalue weighted by Gasteiger charge is -2.35. The molecule has 0 atom stereocenters. The van der Waals surface area contributed by atoms with Gasteiger partial charge in [0.1, 0.15) is 0 Å². The predicted octanol–water partition coefficient (Wildman–Crippen LogP) is 2.97. The Hall–Kier alpha value is -1.46. The van der Waals surface area contributed by atoms with E-state index in [4.69, 9.17) is 11.6 Å². The number of carbonyl (C=O) groups is 1. The van der Waals surface area contributed by atoms with Crippen molar-refractivity contribution in [2.75, 3.05) is 6.54 Å². The minimum atomic E-state index is -0.174. The lowest BCUT2D eigenvalue weighted by molar-refractivity contribution is -0.116. The molecule has 0 aliphatic heterocycles. The average molecular weight is 262 g/mol. The van der Waals surface area contributed by atoms with Crippen molar-refractivity contribution < 1.29 is 4.79 Å². The lowest BCUT2D eigenvalue weighted by atomic mass is 9.71. The van der Waals surface area contributed by atoms with Gasteiger partial charge in [0, 0.05) is 11.6 Å². The quantitative estimate of drug-likeness (QED) is 0.833. The topological polar surface area (TPSA) is 29.1 Å². The summed E-state index contributed by atoms with van der Waals surface area (Å²) in [5.74, 6) is 6.09. The normalized spacial score (nSPS) is 21.4. The molecule has 1 saturated carbocycles. The van der Waals surface area contributed by atoms with Crippen molar-refractivity contribution in [1.82, 2.24) is 5.32 Å². The molecule has 1 aromatic carbocycles. The summed E-state index contributed by atoms with van der Waals surface area (Å²) in [4.78, 5) is 11.2. The number of rotatable bonds is 3. The summed E-state index contributed by atoms with van der Waals surface area (Å²) in [6, 6.07) is 8.04. The maximum atomic E-state index is 11.2. The fourth-order valence-corrected chi connectivity index (χ4v) is 2.43. The summed E-state index contributed by atoms with van der Waals surface area (Å²) in [7, 11) is 0. The molecule has 0 unspecified atom stereocenters. The molecule has 0 saturated heterocycles. The molecule has 1 fully saturated rings. The SMILES string of the molecule is CC#CC(=O)NCC1CC(c2ccc(Cl)cc2)C1. The first-order chi connectivity index (χ1) is 8.69. The Morgan fingerprint density at radius 1 is 1.39 bits per heavy atom. The largest absolute Gasteiger partial charge is 0.345 e. The van der Waals surface area contributed by atoms with Crippen LogP contribution in [0.2, 0.25) is 5.02 Å². The minimum absolute atomic E-state index is 0.174. The molecule has 18 heavy (non-hydrogen) atoms. The van der Waals surface area contributed by atoms with Crippen molar-refractivity contribution in [3.63, 3.8) is 0 Å². The van der Waals surface area contributed by atoms with Gasteiger partial charge in [0.25, 0.3) is 5.91 Å². The molecule has 1 aliphatic carbocycles. The minimum Gasteiger partial charge on any atom is -0.345 e. The molecule has 1 aliphatic rings. The Kier molecular flexibility index (Phi) is 4.28. The van der Waals surface area contributed by atoms with Crippen molar-refractivity contribution in [2.45, 2.75) is 25.7 Å². The zero-order valence-electron chi connectivity index (χ0n) is 10.4. The number of amides is 1. The molecule has 2 rings (SSSR count). The van der Waals surface area contributed by atoms with Gasteiger partial charge >= 0.3 is 0 Å². The van der Waals surface area contributed by atoms with Crippen LogP contribution in [-0.2, 0) is 4.79 Å². The molecule has 94 valence electrons. The van der Waals surface area contributed by atoms with Gasteiger partial charge in [-0.15, -0.1) is 0 Å². The summed E-state index contributed by atoms with van der Waals surface area (Å²) in [6.07, 6.45) is 2.25. The van der Waals surface area contributed by atoms with Crippen molar-refractivity contribution in [3.8, 4) is 11.8 Å². The third-order valence-corrected chi connectivity index (χ3v) is 3.62. The van der Waals surface area contributed by atoms with E-state index in [2.05, 4.69) is 29.3 Å². The molecule has 2 nitrogen and oxygen atoms in total. The molecule has 1 aromatic rings. The molecule has 1 amide bonds. The predicted molar refractivity (Wildman–Crippen MR) is 73.4 cm³/mol. The standard InChI is InChI=1S/C15H16ClNO/c1-2-3-15(18)17-10-11-8-13(9-11)12-4-6-14(16)7-5-12/h4-7,11,13H,8-10H2,1H3,(H,17,18). The van der Waals surface area contributed by atoms with Gasteiger partial charge in [0.2, 0.25) is 0 Å². The zero-order valence-corrected chi connectivity index (χ0v) is 11.1. The third kappa shape index (κ3) is 3.27. The Bertz CT molecular complexity index is 477. The van der Waals surface area contributed by atoms with Gasteiger partial charge in [-0.05, 0) is 55.2 Å². The van der Waals surface area contributed by atoms with Crippen LogP contribution in [-0.4, -0.2) is 12.5 Å². The highest BCUT2D eigenvalue weighted by atomic mass is 35.5. The molecular formula is C15H16ClNO. The van der Waals surface area contributed by atoms with E-state index in [1.807, 2.05) is 12.1 Å². The Morgan fingerprint density at radius 3 is 2.67 bits per heavy atom. The fraction of sp³-hybridized carbons (Fsp3) is 0.400. The number of benzene rings is 1. The van der Waals surface area contributed by atoms with Crippen LogP contribution in [0.25, 0.3) is 0 Å². The first kappa shape index (κ1) is 13.0. The first-order valence-corrected chi connectivity index (χ1v) is 6.53.